The van der Waals surface area contributed by atoms with E-state index >= 15 is 0 Å². The van der Waals surface area contributed by atoms with Crippen LogP contribution in [-0.4, -0.2) is 42.3 Å². The van der Waals surface area contributed by atoms with E-state index in [-0.39, 0.29) is 0 Å². The molecule has 0 aromatic carbocycles. The number of ether oxygens (including phenoxy) is 1. The van der Waals surface area contributed by atoms with Crippen LogP contribution in [0.3, 0.4) is 0 Å². The second kappa shape index (κ2) is 4.04. The Hall–Kier alpha value is -0.120. The Morgan fingerprint density at radius 2 is 1.93 bits per heavy atom. The van der Waals surface area contributed by atoms with Gasteiger partial charge in [-0.3, -0.25) is 4.90 Å². The monoisotopic (exact) mass is 210 g/mol. The van der Waals surface area contributed by atoms with Crippen LogP contribution in [0.4, 0.5) is 0 Å². The van der Waals surface area contributed by atoms with E-state index in [1.165, 1.54) is 38.5 Å². The molecule has 0 aromatic rings. The Morgan fingerprint density at radius 1 is 1.13 bits per heavy atom. The maximum absolute atomic E-state index is 5.90. The average molecular weight is 210 g/mol. The molecule has 3 rings (SSSR count). The number of hydrogen-bond donors (Lipinski definition) is 1. The Bertz CT molecular complexity index is 228. The lowest BCUT2D eigenvalue weighted by molar-refractivity contribution is -0.0373. The highest BCUT2D eigenvalue weighted by molar-refractivity contribution is 5.02. The summed E-state index contributed by atoms with van der Waals surface area (Å²) in [5.41, 5.74) is 5.90. The predicted octanol–water partition coefficient (Wildman–Crippen LogP) is 1.12. The van der Waals surface area contributed by atoms with Crippen LogP contribution in [0.2, 0.25) is 0 Å². The smallest absolute Gasteiger partial charge is 0.0759 e. The number of nitrogens with zero attached hydrogens (tertiary/aromatic N) is 1. The van der Waals surface area contributed by atoms with Crippen LogP contribution in [0.1, 0.15) is 38.5 Å². The molecule has 3 atom stereocenters. The minimum Gasteiger partial charge on any atom is -0.375 e. The molecule has 3 heteroatoms. The molecule has 2 bridgehead atoms. The maximum Gasteiger partial charge on any atom is 0.0759 e. The van der Waals surface area contributed by atoms with Gasteiger partial charge in [-0.1, -0.05) is 19.3 Å². The van der Waals surface area contributed by atoms with Crippen molar-refractivity contribution in [3.05, 3.63) is 0 Å². The van der Waals surface area contributed by atoms with E-state index in [1.54, 1.807) is 0 Å². The quantitative estimate of drug-likeness (QED) is 0.742. The summed E-state index contributed by atoms with van der Waals surface area (Å²) in [6.45, 7) is 1.73. The van der Waals surface area contributed by atoms with Crippen molar-refractivity contribution in [2.24, 2.45) is 5.73 Å². The van der Waals surface area contributed by atoms with Gasteiger partial charge in [0.2, 0.25) is 0 Å². The second-order valence-corrected chi connectivity index (χ2v) is 5.30. The van der Waals surface area contributed by atoms with Gasteiger partial charge in [0.15, 0.2) is 0 Å². The van der Waals surface area contributed by atoms with Crippen LogP contribution in [-0.2, 0) is 4.74 Å². The van der Waals surface area contributed by atoms with Crippen LogP contribution in [0, 0.1) is 0 Å². The topological polar surface area (TPSA) is 38.5 Å². The van der Waals surface area contributed by atoms with Crippen molar-refractivity contribution in [3.8, 4) is 0 Å². The minimum absolute atomic E-state index is 0.446. The van der Waals surface area contributed by atoms with E-state index in [2.05, 4.69) is 4.90 Å². The highest BCUT2D eigenvalue weighted by Crippen LogP contribution is 2.38. The SMILES string of the molecule is NCC1C2CC(CO2)N1C1CCCCC1. The first-order chi connectivity index (χ1) is 7.40. The van der Waals surface area contributed by atoms with E-state index < -0.39 is 0 Å². The summed E-state index contributed by atoms with van der Waals surface area (Å²) in [4.78, 5) is 2.72. The molecule has 0 spiro atoms. The Labute approximate surface area is 91.9 Å². The van der Waals surface area contributed by atoms with Gasteiger partial charge in [-0.2, -0.15) is 0 Å². The highest BCUT2D eigenvalue weighted by Gasteiger charge is 2.48. The molecule has 2 aliphatic heterocycles. The summed E-state index contributed by atoms with van der Waals surface area (Å²) >= 11 is 0. The molecule has 3 unspecified atom stereocenters. The van der Waals surface area contributed by atoms with E-state index in [9.17, 15) is 0 Å². The van der Waals surface area contributed by atoms with Crippen LogP contribution < -0.4 is 5.73 Å². The van der Waals surface area contributed by atoms with E-state index in [0.29, 0.717) is 18.2 Å². The molecular weight excluding hydrogens is 188 g/mol. The van der Waals surface area contributed by atoms with Crippen molar-refractivity contribution in [2.45, 2.75) is 62.8 Å². The van der Waals surface area contributed by atoms with Crippen LogP contribution in [0.25, 0.3) is 0 Å². The first-order valence-corrected chi connectivity index (χ1v) is 6.49. The van der Waals surface area contributed by atoms with Crippen molar-refractivity contribution in [1.29, 1.82) is 0 Å². The van der Waals surface area contributed by atoms with Crippen molar-refractivity contribution < 1.29 is 4.74 Å². The predicted molar refractivity (Wildman–Crippen MR) is 59.7 cm³/mol. The van der Waals surface area contributed by atoms with Crippen molar-refractivity contribution >= 4 is 0 Å². The third-order valence-corrected chi connectivity index (χ3v) is 4.48. The summed E-state index contributed by atoms with van der Waals surface area (Å²) in [6.07, 6.45) is 8.72. The zero-order valence-corrected chi connectivity index (χ0v) is 9.40. The largest absolute Gasteiger partial charge is 0.375 e. The normalized spacial score (nSPS) is 42.6. The molecule has 2 heterocycles. The molecule has 1 saturated carbocycles. The van der Waals surface area contributed by atoms with Gasteiger partial charge in [0.1, 0.15) is 0 Å². The van der Waals surface area contributed by atoms with E-state index in [0.717, 1.165) is 19.2 Å². The zero-order chi connectivity index (χ0) is 10.3. The molecule has 1 aliphatic carbocycles. The van der Waals surface area contributed by atoms with Crippen LogP contribution >= 0.6 is 0 Å². The lowest BCUT2D eigenvalue weighted by Gasteiger charge is -2.41. The summed E-state index contributed by atoms with van der Waals surface area (Å²) in [5.74, 6) is 0. The summed E-state index contributed by atoms with van der Waals surface area (Å²) in [6, 6.07) is 2.02. The molecule has 2 saturated heterocycles. The highest BCUT2D eigenvalue weighted by atomic mass is 16.5. The lowest BCUT2D eigenvalue weighted by Crippen LogP contribution is -2.54. The molecule has 0 radical (unpaired) electrons. The summed E-state index contributed by atoms with van der Waals surface area (Å²) < 4.78 is 5.75. The van der Waals surface area contributed by atoms with E-state index in [1.807, 2.05) is 0 Å². The van der Waals surface area contributed by atoms with Crippen molar-refractivity contribution in [1.82, 2.24) is 4.90 Å². The Balaban J connectivity index is 1.73. The third-order valence-electron chi connectivity index (χ3n) is 4.48. The number of rotatable bonds is 2. The van der Waals surface area contributed by atoms with Crippen molar-refractivity contribution in [2.75, 3.05) is 13.2 Å². The molecule has 2 N–H and O–H groups in total. The van der Waals surface area contributed by atoms with Gasteiger partial charge in [0.05, 0.1) is 12.7 Å². The molecule has 3 nitrogen and oxygen atoms in total. The average Bonchev–Trinajstić information content (AvgIpc) is 2.89. The van der Waals surface area contributed by atoms with Crippen LogP contribution in [0.15, 0.2) is 0 Å². The fourth-order valence-corrected chi connectivity index (χ4v) is 3.80. The van der Waals surface area contributed by atoms with E-state index in [4.69, 9.17) is 10.5 Å². The molecule has 3 fully saturated rings. The van der Waals surface area contributed by atoms with Gasteiger partial charge in [-0.15, -0.1) is 0 Å². The molecule has 0 amide bonds. The van der Waals surface area contributed by atoms with Gasteiger partial charge < -0.3 is 10.5 Å². The summed E-state index contributed by atoms with van der Waals surface area (Å²) in [7, 11) is 0. The fraction of sp³-hybridized carbons (Fsp3) is 1.00. The number of morpholine rings is 1. The van der Waals surface area contributed by atoms with Crippen molar-refractivity contribution in [3.63, 3.8) is 0 Å². The Kier molecular flexibility index (Phi) is 2.71. The zero-order valence-electron chi connectivity index (χ0n) is 9.40. The second-order valence-electron chi connectivity index (χ2n) is 5.30. The fourth-order valence-electron chi connectivity index (χ4n) is 3.80. The van der Waals surface area contributed by atoms with Crippen LogP contribution in [0.5, 0.6) is 0 Å². The molecular formula is C12H22N2O. The van der Waals surface area contributed by atoms with Gasteiger partial charge in [0.25, 0.3) is 0 Å². The molecule has 0 aromatic heterocycles. The maximum atomic E-state index is 5.90. The van der Waals surface area contributed by atoms with Gasteiger partial charge >= 0.3 is 0 Å². The number of likely N-dealkylation sites (tertiary alicyclic amines) is 1. The number of hydrogen-bond acceptors (Lipinski definition) is 3. The Morgan fingerprint density at radius 3 is 2.67 bits per heavy atom. The van der Waals surface area contributed by atoms with Gasteiger partial charge in [-0.25, -0.2) is 0 Å². The minimum atomic E-state index is 0.446. The standard InChI is InChI=1S/C12H22N2O/c13-7-11-12-6-10(8-15-12)14(11)9-4-2-1-3-5-9/h9-12H,1-8,13H2. The molecule has 3 aliphatic rings. The molecule has 86 valence electrons. The van der Waals surface area contributed by atoms with Gasteiger partial charge in [-0.05, 0) is 19.3 Å². The number of fused-ring (bicyclic) bond motifs is 2. The third kappa shape index (κ3) is 1.61. The first-order valence-electron chi connectivity index (χ1n) is 6.49. The molecule has 15 heavy (non-hydrogen) atoms. The summed E-state index contributed by atoms with van der Waals surface area (Å²) in [5, 5.41) is 0. The van der Waals surface area contributed by atoms with Gasteiger partial charge in [0, 0.05) is 24.7 Å². The lowest BCUT2D eigenvalue weighted by atomic mass is 9.93. The first kappa shape index (κ1) is 10.1. The number of nitrogens with two attached hydrogens (primary N) is 1.